The summed E-state index contributed by atoms with van der Waals surface area (Å²) >= 11 is 0. The number of hydrogen-bond donors (Lipinski definition) is 0. The summed E-state index contributed by atoms with van der Waals surface area (Å²) in [4.78, 5) is 27.7. The normalized spacial score (nSPS) is 15.1. The molecule has 0 spiro atoms. The summed E-state index contributed by atoms with van der Waals surface area (Å²) in [5.74, 6) is 1.23. The van der Waals surface area contributed by atoms with Gasteiger partial charge in [-0.1, -0.05) is 11.0 Å². The molecule has 0 amide bonds. The first-order valence-corrected chi connectivity index (χ1v) is 12.2. The van der Waals surface area contributed by atoms with E-state index in [4.69, 9.17) is 23.7 Å². The second kappa shape index (κ2) is 10.9. The highest BCUT2D eigenvalue weighted by molar-refractivity contribution is 7.67. The molecule has 0 radical (unpaired) electrons. The van der Waals surface area contributed by atoms with Crippen LogP contribution in [0, 0.1) is 0 Å². The molecule has 1 atom stereocenters. The predicted molar refractivity (Wildman–Crippen MR) is 128 cm³/mol. The van der Waals surface area contributed by atoms with Crippen LogP contribution in [-0.2, 0) is 4.57 Å². The summed E-state index contributed by atoms with van der Waals surface area (Å²) in [5.41, 5.74) is -0.379. The Morgan fingerprint density at radius 1 is 0.735 bits per heavy atom. The molecule has 1 saturated carbocycles. The maximum absolute atomic E-state index is 14.0. The van der Waals surface area contributed by atoms with Crippen molar-refractivity contribution in [2.75, 3.05) is 35.5 Å². The van der Waals surface area contributed by atoms with Crippen LogP contribution in [0.5, 0.6) is 28.7 Å². The van der Waals surface area contributed by atoms with Gasteiger partial charge in [-0.2, -0.15) is 0 Å². The van der Waals surface area contributed by atoms with Gasteiger partial charge in [0.1, 0.15) is 28.7 Å². The Kier molecular flexibility index (Phi) is 8.15. The van der Waals surface area contributed by atoms with Gasteiger partial charge in [0.2, 0.25) is 10.9 Å². The van der Waals surface area contributed by atoms with Crippen molar-refractivity contribution in [3.8, 4) is 28.7 Å². The van der Waals surface area contributed by atoms with Gasteiger partial charge in [-0.05, 0) is 25.0 Å². The standard InChI is InChI=1S/C25H30O8P/c1-29-16-9-10-18(19(13-16)31-3)23(26)25(11-7-6-8-12-25)34(28)24(27)22-20(32-4)14-17(30-2)15-21(22)33-5/h9-10,13-15H,6-8,11-12H2,1-5H3/q+1. The number of rotatable bonds is 10. The summed E-state index contributed by atoms with van der Waals surface area (Å²) in [6.45, 7) is 0. The van der Waals surface area contributed by atoms with Crippen LogP contribution < -0.4 is 23.7 Å². The molecule has 1 aliphatic carbocycles. The highest BCUT2D eigenvalue weighted by Crippen LogP contribution is 2.55. The van der Waals surface area contributed by atoms with E-state index in [1.54, 1.807) is 18.2 Å². The lowest BCUT2D eigenvalue weighted by Crippen LogP contribution is -2.39. The van der Waals surface area contributed by atoms with E-state index in [0.717, 1.165) is 6.42 Å². The summed E-state index contributed by atoms with van der Waals surface area (Å²) in [6, 6.07) is 7.91. The van der Waals surface area contributed by atoms with Crippen LogP contribution in [0.3, 0.4) is 0 Å². The van der Waals surface area contributed by atoms with Crippen LogP contribution in [0.15, 0.2) is 30.3 Å². The van der Waals surface area contributed by atoms with Crippen molar-refractivity contribution in [3.05, 3.63) is 41.5 Å². The fourth-order valence-electron chi connectivity index (χ4n) is 4.41. The number of benzene rings is 2. The van der Waals surface area contributed by atoms with Crippen molar-refractivity contribution in [1.29, 1.82) is 0 Å². The fraction of sp³-hybridized carbons (Fsp3) is 0.440. The number of hydrogen-bond acceptors (Lipinski definition) is 8. The zero-order valence-corrected chi connectivity index (χ0v) is 21.0. The summed E-state index contributed by atoms with van der Waals surface area (Å²) in [5, 5.41) is -1.36. The zero-order valence-electron chi connectivity index (χ0n) is 20.1. The first-order chi connectivity index (χ1) is 16.4. The topological polar surface area (TPSA) is 97.4 Å². The van der Waals surface area contributed by atoms with Crippen LogP contribution in [0.4, 0.5) is 0 Å². The zero-order chi connectivity index (χ0) is 24.9. The van der Waals surface area contributed by atoms with Crippen LogP contribution in [-0.4, -0.2) is 52.0 Å². The van der Waals surface area contributed by atoms with Crippen molar-refractivity contribution in [2.45, 2.75) is 37.3 Å². The highest BCUT2D eigenvalue weighted by Gasteiger charge is 2.61. The van der Waals surface area contributed by atoms with Crippen molar-refractivity contribution in [2.24, 2.45) is 0 Å². The Morgan fingerprint density at radius 3 is 1.76 bits per heavy atom. The molecule has 182 valence electrons. The minimum absolute atomic E-state index is 0.0337. The number of carbonyl (C=O) groups is 2. The number of carbonyl (C=O) groups excluding carboxylic acids is 2. The molecule has 0 heterocycles. The molecular formula is C25H30O8P+. The average molecular weight is 489 g/mol. The van der Waals surface area contributed by atoms with E-state index in [1.165, 1.54) is 47.7 Å². The molecule has 0 saturated heterocycles. The SMILES string of the molecule is COc1ccc(C(=O)C2([P+](=O)C(=O)c3c(OC)cc(OC)cc3OC)CCCCC2)c(OC)c1. The van der Waals surface area contributed by atoms with E-state index in [1.807, 2.05) is 0 Å². The average Bonchev–Trinajstić information content (AvgIpc) is 2.90. The smallest absolute Gasteiger partial charge is 0.434 e. The van der Waals surface area contributed by atoms with E-state index in [2.05, 4.69) is 0 Å². The molecule has 2 aromatic carbocycles. The lowest BCUT2D eigenvalue weighted by molar-refractivity contribution is 0.0900. The third-order valence-electron chi connectivity index (χ3n) is 6.26. The third-order valence-corrected chi connectivity index (χ3v) is 8.28. The maximum atomic E-state index is 14.0. The predicted octanol–water partition coefficient (Wildman–Crippen LogP) is 5.28. The third kappa shape index (κ3) is 4.60. The Labute approximate surface area is 200 Å². The van der Waals surface area contributed by atoms with Gasteiger partial charge in [0, 0.05) is 31.0 Å². The molecule has 0 aliphatic heterocycles. The molecule has 8 nitrogen and oxygen atoms in total. The van der Waals surface area contributed by atoms with E-state index >= 15 is 0 Å². The van der Waals surface area contributed by atoms with Crippen LogP contribution in [0.25, 0.3) is 0 Å². The quantitative estimate of drug-likeness (QED) is 0.328. The number of ketones is 1. The van der Waals surface area contributed by atoms with Gasteiger partial charge in [0.25, 0.3) is 0 Å². The van der Waals surface area contributed by atoms with E-state index in [0.29, 0.717) is 42.9 Å². The van der Waals surface area contributed by atoms with Crippen molar-refractivity contribution in [3.63, 3.8) is 0 Å². The Balaban J connectivity index is 2.12. The van der Waals surface area contributed by atoms with Gasteiger partial charge >= 0.3 is 13.3 Å². The summed E-state index contributed by atoms with van der Waals surface area (Å²) in [7, 11) is 4.57. The molecule has 2 aromatic rings. The van der Waals surface area contributed by atoms with Crippen LogP contribution in [0.2, 0.25) is 0 Å². The first-order valence-electron chi connectivity index (χ1n) is 10.9. The lowest BCUT2D eigenvalue weighted by atomic mass is 9.82. The minimum Gasteiger partial charge on any atom is -0.497 e. The Morgan fingerprint density at radius 2 is 1.26 bits per heavy atom. The maximum Gasteiger partial charge on any atom is 0.434 e. The largest absolute Gasteiger partial charge is 0.497 e. The van der Waals surface area contributed by atoms with Crippen molar-refractivity contribution >= 4 is 19.1 Å². The van der Waals surface area contributed by atoms with Gasteiger partial charge < -0.3 is 23.7 Å². The number of Topliss-reactive ketones (excluding diaryl/α,β-unsaturated/α-hetero) is 1. The van der Waals surface area contributed by atoms with Gasteiger partial charge in [0.15, 0.2) is 5.56 Å². The molecule has 34 heavy (non-hydrogen) atoms. The molecule has 0 bridgehead atoms. The van der Waals surface area contributed by atoms with Crippen molar-refractivity contribution < 1.29 is 37.8 Å². The second-order valence-corrected chi connectivity index (χ2v) is 9.85. The van der Waals surface area contributed by atoms with Crippen LogP contribution >= 0.6 is 7.80 Å². The number of methoxy groups -OCH3 is 5. The van der Waals surface area contributed by atoms with Gasteiger partial charge in [-0.25, -0.2) is 4.79 Å². The first kappa shape index (κ1) is 25.5. The molecule has 1 aliphatic rings. The van der Waals surface area contributed by atoms with Gasteiger partial charge in [-0.3, -0.25) is 4.79 Å². The monoisotopic (exact) mass is 489 g/mol. The molecule has 1 fully saturated rings. The minimum atomic E-state index is -2.70. The Bertz CT molecular complexity index is 1060. The van der Waals surface area contributed by atoms with Crippen LogP contribution in [0.1, 0.15) is 52.8 Å². The highest BCUT2D eigenvalue weighted by atomic mass is 31.1. The summed E-state index contributed by atoms with van der Waals surface area (Å²) in [6.07, 6.45) is 2.96. The van der Waals surface area contributed by atoms with E-state index in [-0.39, 0.29) is 28.4 Å². The molecule has 0 N–H and O–H groups in total. The van der Waals surface area contributed by atoms with E-state index in [9.17, 15) is 14.2 Å². The fourth-order valence-corrected chi connectivity index (χ4v) is 6.25. The van der Waals surface area contributed by atoms with Gasteiger partial charge in [0.05, 0.1) is 41.1 Å². The Hall–Kier alpha value is -3.12. The summed E-state index contributed by atoms with van der Waals surface area (Å²) < 4.78 is 40.7. The number of ether oxygens (including phenoxy) is 5. The molecular weight excluding hydrogens is 459 g/mol. The van der Waals surface area contributed by atoms with E-state index < -0.39 is 18.5 Å². The van der Waals surface area contributed by atoms with Gasteiger partial charge in [-0.15, -0.1) is 0 Å². The second-order valence-electron chi connectivity index (χ2n) is 7.99. The lowest BCUT2D eigenvalue weighted by Gasteiger charge is -2.27. The molecule has 9 heteroatoms. The molecule has 1 unspecified atom stereocenters. The molecule has 0 aromatic heterocycles. The van der Waals surface area contributed by atoms with Crippen molar-refractivity contribution in [1.82, 2.24) is 0 Å². The molecule has 3 rings (SSSR count).